The molecule has 0 bridgehead atoms. The summed E-state index contributed by atoms with van der Waals surface area (Å²) < 4.78 is 1.62. The molecule has 0 saturated carbocycles. The molecular formula is C16H21N3O2. The van der Waals surface area contributed by atoms with Gasteiger partial charge in [-0.15, -0.1) is 0 Å². The summed E-state index contributed by atoms with van der Waals surface area (Å²) in [5, 5.41) is 6.86. The number of rotatable bonds is 4. The SMILES string of the molecule is CNC(=O)C(C)(C)CNc1cc(=O)n(C)c2ccccc12. The third kappa shape index (κ3) is 2.91. The molecule has 2 rings (SSSR count). The molecule has 5 nitrogen and oxygen atoms in total. The number of pyridine rings is 1. The van der Waals surface area contributed by atoms with Crippen molar-refractivity contribution < 1.29 is 4.79 Å². The van der Waals surface area contributed by atoms with Crippen LogP contribution < -0.4 is 16.2 Å². The third-order valence-corrected chi connectivity index (χ3v) is 3.72. The van der Waals surface area contributed by atoms with Crippen molar-refractivity contribution in [1.82, 2.24) is 9.88 Å². The fourth-order valence-corrected chi connectivity index (χ4v) is 2.29. The lowest BCUT2D eigenvalue weighted by molar-refractivity contribution is -0.128. The van der Waals surface area contributed by atoms with Gasteiger partial charge in [0.05, 0.1) is 10.9 Å². The average molecular weight is 287 g/mol. The normalized spacial score (nSPS) is 11.4. The van der Waals surface area contributed by atoms with Crippen molar-refractivity contribution >= 4 is 22.5 Å². The van der Waals surface area contributed by atoms with Crippen LogP contribution in [0.4, 0.5) is 5.69 Å². The van der Waals surface area contributed by atoms with E-state index in [1.54, 1.807) is 24.7 Å². The summed E-state index contributed by atoms with van der Waals surface area (Å²) in [5.41, 5.74) is 0.988. The Labute approximate surface area is 124 Å². The van der Waals surface area contributed by atoms with Crippen molar-refractivity contribution in [2.45, 2.75) is 13.8 Å². The number of carbonyl (C=O) groups is 1. The lowest BCUT2D eigenvalue weighted by atomic mass is 9.92. The molecule has 0 unspecified atom stereocenters. The molecule has 1 aromatic heterocycles. The van der Waals surface area contributed by atoms with Gasteiger partial charge < -0.3 is 15.2 Å². The topological polar surface area (TPSA) is 63.1 Å². The van der Waals surface area contributed by atoms with Gasteiger partial charge in [-0.2, -0.15) is 0 Å². The van der Waals surface area contributed by atoms with E-state index < -0.39 is 5.41 Å². The van der Waals surface area contributed by atoms with Crippen molar-refractivity contribution in [1.29, 1.82) is 0 Å². The smallest absolute Gasteiger partial charge is 0.252 e. The Morgan fingerprint density at radius 2 is 1.95 bits per heavy atom. The van der Waals surface area contributed by atoms with E-state index in [2.05, 4.69) is 10.6 Å². The Morgan fingerprint density at radius 3 is 2.62 bits per heavy atom. The van der Waals surface area contributed by atoms with Crippen molar-refractivity contribution in [2.75, 3.05) is 18.9 Å². The van der Waals surface area contributed by atoms with Crippen LogP contribution in [0.2, 0.25) is 0 Å². The van der Waals surface area contributed by atoms with Crippen LogP contribution in [0.1, 0.15) is 13.8 Å². The van der Waals surface area contributed by atoms with Gasteiger partial charge in [0.2, 0.25) is 5.91 Å². The molecule has 1 heterocycles. The minimum atomic E-state index is -0.559. The summed E-state index contributed by atoms with van der Waals surface area (Å²) in [6, 6.07) is 9.28. The van der Waals surface area contributed by atoms with Gasteiger partial charge in [-0.3, -0.25) is 9.59 Å². The molecule has 0 radical (unpaired) electrons. The Hall–Kier alpha value is -2.30. The molecule has 1 amide bonds. The zero-order valence-corrected chi connectivity index (χ0v) is 12.9. The second-order valence-corrected chi connectivity index (χ2v) is 5.79. The summed E-state index contributed by atoms with van der Waals surface area (Å²) in [4.78, 5) is 23.8. The fourth-order valence-electron chi connectivity index (χ4n) is 2.29. The Morgan fingerprint density at radius 1 is 1.29 bits per heavy atom. The van der Waals surface area contributed by atoms with Gasteiger partial charge >= 0.3 is 0 Å². The average Bonchev–Trinajstić information content (AvgIpc) is 2.48. The van der Waals surface area contributed by atoms with E-state index in [1.807, 2.05) is 38.1 Å². The minimum absolute atomic E-state index is 0.0388. The summed E-state index contributed by atoms with van der Waals surface area (Å²) in [6.45, 7) is 4.17. The molecule has 0 aliphatic rings. The molecule has 2 aromatic rings. The maximum absolute atomic E-state index is 12.0. The Kier molecular flexibility index (Phi) is 4.02. The first-order valence-electron chi connectivity index (χ1n) is 6.91. The highest BCUT2D eigenvalue weighted by atomic mass is 16.2. The van der Waals surface area contributed by atoms with E-state index in [0.29, 0.717) is 6.54 Å². The van der Waals surface area contributed by atoms with Crippen LogP contribution in [0, 0.1) is 5.41 Å². The molecule has 0 atom stereocenters. The van der Waals surface area contributed by atoms with Crippen molar-refractivity contribution in [3.63, 3.8) is 0 Å². The van der Waals surface area contributed by atoms with Gasteiger partial charge in [-0.25, -0.2) is 0 Å². The highest BCUT2D eigenvalue weighted by Crippen LogP contribution is 2.23. The number of para-hydroxylation sites is 1. The van der Waals surface area contributed by atoms with Gasteiger partial charge in [0.15, 0.2) is 0 Å². The molecule has 112 valence electrons. The van der Waals surface area contributed by atoms with Gasteiger partial charge in [-0.1, -0.05) is 18.2 Å². The lowest BCUT2D eigenvalue weighted by Crippen LogP contribution is -2.39. The number of anilines is 1. The zero-order chi connectivity index (χ0) is 15.6. The maximum Gasteiger partial charge on any atom is 0.252 e. The Balaban J connectivity index is 2.38. The summed E-state index contributed by atoms with van der Waals surface area (Å²) >= 11 is 0. The van der Waals surface area contributed by atoms with E-state index in [-0.39, 0.29) is 11.5 Å². The first-order valence-corrected chi connectivity index (χ1v) is 6.91. The van der Waals surface area contributed by atoms with Crippen molar-refractivity contribution in [2.24, 2.45) is 12.5 Å². The van der Waals surface area contributed by atoms with Crippen LogP contribution in [-0.2, 0) is 11.8 Å². The standard InChI is InChI=1S/C16H21N3O2/c1-16(2,15(21)17-3)10-18-12-9-14(20)19(4)13-8-6-5-7-11(12)13/h5-9,18H,10H2,1-4H3,(H,17,21). The number of amides is 1. The number of aryl methyl sites for hydroxylation is 1. The van der Waals surface area contributed by atoms with Crippen LogP contribution in [0.25, 0.3) is 10.9 Å². The van der Waals surface area contributed by atoms with Crippen molar-refractivity contribution in [3.8, 4) is 0 Å². The second kappa shape index (κ2) is 5.60. The monoisotopic (exact) mass is 287 g/mol. The van der Waals surface area contributed by atoms with Gasteiger partial charge in [0.1, 0.15) is 0 Å². The number of nitrogens with one attached hydrogen (secondary N) is 2. The first-order chi connectivity index (χ1) is 9.86. The molecule has 0 saturated heterocycles. The van der Waals surface area contributed by atoms with E-state index >= 15 is 0 Å². The summed E-state index contributed by atoms with van der Waals surface area (Å²) in [7, 11) is 3.38. The number of aromatic nitrogens is 1. The minimum Gasteiger partial charge on any atom is -0.383 e. The van der Waals surface area contributed by atoms with E-state index in [9.17, 15) is 9.59 Å². The fraction of sp³-hybridized carbons (Fsp3) is 0.375. The summed E-state index contributed by atoms with van der Waals surface area (Å²) in [6.07, 6.45) is 0. The third-order valence-electron chi connectivity index (χ3n) is 3.72. The lowest BCUT2D eigenvalue weighted by Gasteiger charge is -2.24. The van der Waals surface area contributed by atoms with Crippen LogP contribution in [0.3, 0.4) is 0 Å². The number of hydrogen-bond donors (Lipinski definition) is 2. The largest absolute Gasteiger partial charge is 0.383 e. The molecule has 21 heavy (non-hydrogen) atoms. The molecule has 5 heteroatoms. The number of nitrogens with zero attached hydrogens (tertiary/aromatic N) is 1. The second-order valence-electron chi connectivity index (χ2n) is 5.79. The predicted octanol–water partition coefficient (Wildman–Crippen LogP) is 1.72. The van der Waals surface area contributed by atoms with Crippen LogP contribution in [0.15, 0.2) is 35.1 Å². The maximum atomic E-state index is 12.0. The number of fused-ring (bicyclic) bond motifs is 1. The molecule has 0 aliphatic carbocycles. The molecule has 0 spiro atoms. The van der Waals surface area contributed by atoms with Crippen LogP contribution in [0.5, 0.6) is 0 Å². The molecular weight excluding hydrogens is 266 g/mol. The molecule has 2 N–H and O–H groups in total. The van der Waals surface area contributed by atoms with Gasteiger partial charge in [0, 0.05) is 37.8 Å². The van der Waals surface area contributed by atoms with E-state index in [0.717, 1.165) is 16.6 Å². The van der Waals surface area contributed by atoms with Gasteiger partial charge in [-0.05, 0) is 19.9 Å². The van der Waals surface area contributed by atoms with Gasteiger partial charge in [0.25, 0.3) is 5.56 Å². The van der Waals surface area contributed by atoms with E-state index in [4.69, 9.17) is 0 Å². The zero-order valence-electron chi connectivity index (χ0n) is 12.9. The molecule has 1 aromatic carbocycles. The highest BCUT2D eigenvalue weighted by Gasteiger charge is 2.26. The Bertz CT molecular complexity index is 732. The number of hydrogen-bond acceptors (Lipinski definition) is 3. The van der Waals surface area contributed by atoms with Crippen molar-refractivity contribution in [3.05, 3.63) is 40.7 Å². The number of benzene rings is 1. The highest BCUT2D eigenvalue weighted by molar-refractivity contribution is 5.91. The predicted molar refractivity (Wildman–Crippen MR) is 85.5 cm³/mol. The van der Waals surface area contributed by atoms with Crippen LogP contribution in [-0.4, -0.2) is 24.1 Å². The van der Waals surface area contributed by atoms with E-state index in [1.165, 1.54) is 0 Å². The molecule has 0 aliphatic heterocycles. The van der Waals surface area contributed by atoms with Crippen LogP contribution >= 0.6 is 0 Å². The first kappa shape index (κ1) is 15.1. The molecule has 0 fully saturated rings. The number of carbonyl (C=O) groups excluding carboxylic acids is 1. The summed E-state index contributed by atoms with van der Waals surface area (Å²) in [5.74, 6) is -0.0388. The quantitative estimate of drug-likeness (QED) is 0.900.